The molecule has 0 saturated heterocycles. The van der Waals surface area contributed by atoms with Gasteiger partial charge in [-0.1, -0.05) is 24.3 Å². The zero-order valence-corrected chi connectivity index (χ0v) is 13.5. The smallest absolute Gasteiger partial charge is 0.244 e. The molecule has 1 N–H and O–H groups in total. The van der Waals surface area contributed by atoms with Gasteiger partial charge in [0, 0.05) is 25.0 Å². The fraction of sp³-hybridized carbons (Fsp3) is 0.263. The van der Waals surface area contributed by atoms with Gasteiger partial charge in [-0.3, -0.25) is 9.78 Å². The van der Waals surface area contributed by atoms with Gasteiger partial charge in [0.15, 0.2) is 0 Å². The zero-order valence-electron chi connectivity index (χ0n) is 13.5. The quantitative estimate of drug-likeness (QED) is 0.798. The summed E-state index contributed by atoms with van der Waals surface area (Å²) < 4.78 is 5.65. The number of pyridine rings is 1. The molecule has 23 heavy (non-hydrogen) atoms. The lowest BCUT2D eigenvalue weighted by Gasteiger charge is -2.12. The number of ether oxygens (including phenoxy) is 1. The highest BCUT2D eigenvalue weighted by molar-refractivity contribution is 5.91. The standard InChI is InChI=1S/C19H22N2O2/c1-15(2)23-14-18-6-4-3-5-17(18)13-21-19(22)8-7-16-9-11-20-12-10-16/h3-12,15H,13-14H2,1-2H3,(H,21,22)/b8-7+. The van der Waals surface area contributed by atoms with Crippen molar-refractivity contribution >= 4 is 12.0 Å². The van der Waals surface area contributed by atoms with Gasteiger partial charge in [0.25, 0.3) is 0 Å². The van der Waals surface area contributed by atoms with E-state index in [2.05, 4.69) is 10.3 Å². The third-order valence-electron chi connectivity index (χ3n) is 3.28. The second kappa shape index (κ2) is 8.86. The van der Waals surface area contributed by atoms with E-state index in [4.69, 9.17) is 4.74 Å². The summed E-state index contributed by atoms with van der Waals surface area (Å²) in [6.07, 6.45) is 6.87. The Morgan fingerprint density at radius 1 is 1.17 bits per heavy atom. The number of nitrogens with one attached hydrogen (secondary N) is 1. The molecule has 4 nitrogen and oxygen atoms in total. The summed E-state index contributed by atoms with van der Waals surface area (Å²) in [4.78, 5) is 15.9. The lowest BCUT2D eigenvalue weighted by molar-refractivity contribution is -0.116. The van der Waals surface area contributed by atoms with E-state index in [0.29, 0.717) is 13.2 Å². The highest BCUT2D eigenvalue weighted by atomic mass is 16.5. The fourth-order valence-corrected chi connectivity index (χ4v) is 2.01. The van der Waals surface area contributed by atoms with Gasteiger partial charge in [0.05, 0.1) is 12.7 Å². The maximum absolute atomic E-state index is 11.9. The van der Waals surface area contributed by atoms with E-state index in [1.165, 1.54) is 6.08 Å². The van der Waals surface area contributed by atoms with Crippen molar-refractivity contribution < 1.29 is 9.53 Å². The van der Waals surface area contributed by atoms with Crippen LogP contribution in [0.5, 0.6) is 0 Å². The molecule has 4 heteroatoms. The van der Waals surface area contributed by atoms with Gasteiger partial charge in [-0.25, -0.2) is 0 Å². The third-order valence-corrected chi connectivity index (χ3v) is 3.28. The first-order valence-corrected chi connectivity index (χ1v) is 7.69. The summed E-state index contributed by atoms with van der Waals surface area (Å²) >= 11 is 0. The van der Waals surface area contributed by atoms with Crippen molar-refractivity contribution in [1.82, 2.24) is 10.3 Å². The lowest BCUT2D eigenvalue weighted by atomic mass is 10.1. The molecule has 0 aliphatic heterocycles. The fourth-order valence-electron chi connectivity index (χ4n) is 2.01. The van der Waals surface area contributed by atoms with Crippen LogP contribution in [-0.4, -0.2) is 17.0 Å². The lowest BCUT2D eigenvalue weighted by Crippen LogP contribution is -2.21. The summed E-state index contributed by atoms with van der Waals surface area (Å²) in [6.45, 7) is 5.05. The van der Waals surface area contributed by atoms with Crippen LogP contribution in [0.3, 0.4) is 0 Å². The van der Waals surface area contributed by atoms with Crippen LogP contribution in [0, 0.1) is 0 Å². The number of hydrogen-bond acceptors (Lipinski definition) is 3. The number of benzene rings is 1. The van der Waals surface area contributed by atoms with Gasteiger partial charge in [-0.2, -0.15) is 0 Å². The summed E-state index contributed by atoms with van der Waals surface area (Å²) in [5.41, 5.74) is 3.11. The highest BCUT2D eigenvalue weighted by Gasteiger charge is 2.04. The SMILES string of the molecule is CC(C)OCc1ccccc1CNC(=O)/C=C/c1ccncc1. The molecule has 1 aromatic heterocycles. The molecule has 1 amide bonds. The molecule has 0 saturated carbocycles. The second-order valence-corrected chi connectivity index (χ2v) is 5.46. The van der Waals surface area contributed by atoms with Crippen molar-refractivity contribution in [3.63, 3.8) is 0 Å². The first kappa shape index (κ1) is 16.9. The Morgan fingerprint density at radius 2 is 1.87 bits per heavy atom. The molecule has 0 radical (unpaired) electrons. The van der Waals surface area contributed by atoms with E-state index in [1.807, 2.05) is 50.2 Å². The number of carbonyl (C=O) groups excluding carboxylic acids is 1. The predicted octanol–water partition coefficient (Wildman–Crippen LogP) is 3.34. The molecule has 0 unspecified atom stereocenters. The molecular formula is C19H22N2O2. The van der Waals surface area contributed by atoms with Gasteiger partial charge in [0.1, 0.15) is 0 Å². The topological polar surface area (TPSA) is 51.2 Å². The van der Waals surface area contributed by atoms with E-state index >= 15 is 0 Å². The Kier molecular flexibility index (Phi) is 6.51. The molecule has 1 heterocycles. The maximum atomic E-state index is 11.9. The minimum absolute atomic E-state index is 0.124. The molecule has 0 aliphatic carbocycles. The number of hydrogen-bond donors (Lipinski definition) is 1. The molecule has 120 valence electrons. The van der Waals surface area contributed by atoms with E-state index in [0.717, 1.165) is 16.7 Å². The van der Waals surface area contributed by atoms with E-state index in [1.54, 1.807) is 18.5 Å². The van der Waals surface area contributed by atoms with E-state index in [-0.39, 0.29) is 12.0 Å². The predicted molar refractivity (Wildman–Crippen MR) is 91.5 cm³/mol. The Balaban J connectivity index is 1.90. The van der Waals surface area contributed by atoms with Crippen LogP contribution >= 0.6 is 0 Å². The first-order chi connectivity index (χ1) is 11.1. The van der Waals surface area contributed by atoms with Crippen molar-refractivity contribution in [3.05, 3.63) is 71.6 Å². The van der Waals surface area contributed by atoms with Crippen molar-refractivity contribution in [1.29, 1.82) is 0 Å². The minimum Gasteiger partial charge on any atom is -0.374 e. The van der Waals surface area contributed by atoms with Gasteiger partial charge >= 0.3 is 0 Å². The van der Waals surface area contributed by atoms with Crippen LogP contribution in [0.1, 0.15) is 30.5 Å². The van der Waals surface area contributed by atoms with Gasteiger partial charge < -0.3 is 10.1 Å². The number of nitrogens with zero attached hydrogens (tertiary/aromatic N) is 1. The van der Waals surface area contributed by atoms with Crippen LogP contribution < -0.4 is 5.32 Å². The molecule has 0 bridgehead atoms. The third kappa shape index (κ3) is 6.04. The molecule has 2 rings (SSSR count). The number of aromatic nitrogens is 1. The highest BCUT2D eigenvalue weighted by Crippen LogP contribution is 2.11. The summed E-state index contributed by atoms with van der Waals surface area (Å²) in [5.74, 6) is -0.124. The van der Waals surface area contributed by atoms with Crippen LogP contribution in [0.25, 0.3) is 6.08 Å². The molecule has 0 fully saturated rings. The van der Waals surface area contributed by atoms with Crippen LogP contribution in [-0.2, 0) is 22.7 Å². The average molecular weight is 310 g/mol. The first-order valence-electron chi connectivity index (χ1n) is 7.69. The Labute approximate surface area is 137 Å². The van der Waals surface area contributed by atoms with Crippen molar-refractivity contribution in [2.45, 2.75) is 33.1 Å². The van der Waals surface area contributed by atoms with Crippen molar-refractivity contribution in [2.24, 2.45) is 0 Å². The molecule has 0 spiro atoms. The Hall–Kier alpha value is -2.46. The average Bonchev–Trinajstić information content (AvgIpc) is 2.58. The van der Waals surface area contributed by atoms with Gasteiger partial charge in [0.2, 0.25) is 5.91 Å². The summed E-state index contributed by atoms with van der Waals surface area (Å²) in [7, 11) is 0. The monoisotopic (exact) mass is 310 g/mol. The van der Waals surface area contributed by atoms with E-state index in [9.17, 15) is 4.79 Å². The normalized spacial score (nSPS) is 11.1. The largest absolute Gasteiger partial charge is 0.374 e. The number of carbonyl (C=O) groups is 1. The van der Waals surface area contributed by atoms with Gasteiger partial charge in [-0.15, -0.1) is 0 Å². The second-order valence-electron chi connectivity index (χ2n) is 5.46. The number of rotatable bonds is 7. The molecule has 0 aliphatic rings. The van der Waals surface area contributed by atoms with Crippen LogP contribution in [0.4, 0.5) is 0 Å². The van der Waals surface area contributed by atoms with Crippen LogP contribution in [0.15, 0.2) is 54.9 Å². The summed E-state index contributed by atoms with van der Waals surface area (Å²) in [5, 5.41) is 2.90. The maximum Gasteiger partial charge on any atom is 0.244 e. The van der Waals surface area contributed by atoms with Crippen molar-refractivity contribution in [2.75, 3.05) is 0 Å². The van der Waals surface area contributed by atoms with Gasteiger partial charge in [-0.05, 0) is 48.7 Å². The molecule has 2 aromatic rings. The molecule has 0 atom stereocenters. The molecular weight excluding hydrogens is 288 g/mol. The number of amides is 1. The van der Waals surface area contributed by atoms with Crippen LogP contribution in [0.2, 0.25) is 0 Å². The minimum atomic E-state index is -0.124. The molecule has 1 aromatic carbocycles. The Bertz CT molecular complexity index is 651. The summed E-state index contributed by atoms with van der Waals surface area (Å²) in [6, 6.07) is 11.7. The van der Waals surface area contributed by atoms with Crippen molar-refractivity contribution in [3.8, 4) is 0 Å². The van der Waals surface area contributed by atoms with E-state index < -0.39 is 0 Å². The Morgan fingerprint density at radius 3 is 2.57 bits per heavy atom. The zero-order chi connectivity index (χ0) is 16.5.